The zero-order chi connectivity index (χ0) is 16.8. The maximum absolute atomic E-state index is 12.2. The summed E-state index contributed by atoms with van der Waals surface area (Å²) in [6.07, 6.45) is 2.99. The molecule has 122 valence electrons. The number of hydrogen-bond donors (Lipinski definition) is 3. The SMILES string of the molecule is CCOC(=O)Cc1[nH][nH]c(=O)c1[C@H](CC(N)=O)c1cccnc1. The molecule has 4 N–H and O–H groups in total. The van der Waals surface area contributed by atoms with Gasteiger partial charge in [0.2, 0.25) is 5.91 Å². The third kappa shape index (κ3) is 4.06. The van der Waals surface area contributed by atoms with E-state index in [-0.39, 0.29) is 19.4 Å². The number of ether oxygens (including phenoxy) is 1. The summed E-state index contributed by atoms with van der Waals surface area (Å²) in [5, 5.41) is 5.12. The normalized spacial score (nSPS) is 11.9. The van der Waals surface area contributed by atoms with Crippen molar-refractivity contribution in [2.75, 3.05) is 6.61 Å². The molecule has 8 nitrogen and oxygen atoms in total. The molecule has 0 saturated heterocycles. The van der Waals surface area contributed by atoms with Gasteiger partial charge in [0.15, 0.2) is 0 Å². The average molecular weight is 318 g/mol. The van der Waals surface area contributed by atoms with Crippen LogP contribution < -0.4 is 11.3 Å². The third-order valence-electron chi connectivity index (χ3n) is 3.36. The van der Waals surface area contributed by atoms with Crippen LogP contribution in [0.5, 0.6) is 0 Å². The number of rotatable bonds is 7. The number of nitrogens with two attached hydrogens (primary N) is 1. The Balaban J connectivity index is 2.43. The second kappa shape index (κ2) is 7.39. The summed E-state index contributed by atoms with van der Waals surface area (Å²) in [5.74, 6) is -1.60. The molecule has 0 spiro atoms. The van der Waals surface area contributed by atoms with Gasteiger partial charge in [-0.05, 0) is 18.6 Å². The van der Waals surface area contributed by atoms with Gasteiger partial charge in [-0.2, -0.15) is 0 Å². The van der Waals surface area contributed by atoms with Crippen molar-refractivity contribution in [1.82, 2.24) is 15.2 Å². The fourth-order valence-corrected chi connectivity index (χ4v) is 2.44. The summed E-state index contributed by atoms with van der Waals surface area (Å²) in [6, 6.07) is 3.45. The van der Waals surface area contributed by atoms with Crippen LogP contribution in [-0.2, 0) is 20.7 Å². The Morgan fingerprint density at radius 2 is 2.17 bits per heavy atom. The molecule has 0 saturated carbocycles. The molecule has 2 aromatic heterocycles. The third-order valence-corrected chi connectivity index (χ3v) is 3.36. The average Bonchev–Trinajstić information content (AvgIpc) is 2.86. The first kappa shape index (κ1) is 16.5. The van der Waals surface area contributed by atoms with Crippen LogP contribution in [0.15, 0.2) is 29.3 Å². The molecule has 1 atom stereocenters. The molecule has 0 bridgehead atoms. The summed E-state index contributed by atoms with van der Waals surface area (Å²) in [5.41, 5.74) is 6.25. The summed E-state index contributed by atoms with van der Waals surface area (Å²) in [7, 11) is 0. The summed E-state index contributed by atoms with van der Waals surface area (Å²) in [6.45, 7) is 1.94. The van der Waals surface area contributed by atoms with Gasteiger partial charge in [0.25, 0.3) is 5.56 Å². The number of H-pyrrole nitrogens is 2. The highest BCUT2D eigenvalue weighted by Gasteiger charge is 2.26. The molecule has 1 amide bonds. The Kier molecular flexibility index (Phi) is 5.29. The Bertz CT molecular complexity index is 735. The number of carbonyl (C=O) groups is 2. The molecule has 0 unspecified atom stereocenters. The number of amides is 1. The minimum absolute atomic E-state index is 0.0670. The molecule has 0 aliphatic heterocycles. The lowest BCUT2D eigenvalue weighted by Crippen LogP contribution is -2.22. The van der Waals surface area contributed by atoms with E-state index in [0.717, 1.165) is 0 Å². The highest BCUT2D eigenvalue weighted by Crippen LogP contribution is 2.27. The zero-order valence-corrected chi connectivity index (χ0v) is 12.7. The smallest absolute Gasteiger partial charge is 0.311 e. The minimum Gasteiger partial charge on any atom is -0.466 e. The molecule has 0 aliphatic carbocycles. The lowest BCUT2D eigenvalue weighted by Gasteiger charge is -2.15. The zero-order valence-electron chi connectivity index (χ0n) is 12.7. The standard InChI is InChI=1S/C15H18N4O4/c1-2-23-13(21)7-11-14(15(22)19-18-11)10(6-12(16)20)9-4-3-5-17-8-9/h3-5,8,10H,2,6-7H2,1H3,(H2,16,20)(H2,18,19,22)/t10-/m1/s1. The number of nitrogens with one attached hydrogen (secondary N) is 2. The van der Waals surface area contributed by atoms with E-state index in [2.05, 4.69) is 15.2 Å². The number of primary amides is 1. The number of carbonyl (C=O) groups excluding carboxylic acids is 2. The van der Waals surface area contributed by atoms with Gasteiger partial charge < -0.3 is 15.6 Å². The van der Waals surface area contributed by atoms with Gasteiger partial charge in [0.1, 0.15) is 0 Å². The fraction of sp³-hybridized carbons (Fsp3) is 0.333. The van der Waals surface area contributed by atoms with E-state index >= 15 is 0 Å². The van der Waals surface area contributed by atoms with Gasteiger partial charge in [-0.25, -0.2) is 0 Å². The highest BCUT2D eigenvalue weighted by atomic mass is 16.5. The number of aromatic nitrogens is 3. The Morgan fingerprint density at radius 1 is 1.39 bits per heavy atom. The van der Waals surface area contributed by atoms with Gasteiger partial charge in [-0.3, -0.25) is 24.5 Å². The summed E-state index contributed by atoms with van der Waals surface area (Å²) in [4.78, 5) is 39.3. The van der Waals surface area contributed by atoms with Gasteiger partial charge >= 0.3 is 5.97 Å². The first-order chi connectivity index (χ1) is 11.0. The molecular weight excluding hydrogens is 300 g/mol. The van der Waals surface area contributed by atoms with Crippen LogP contribution in [0.25, 0.3) is 0 Å². The summed E-state index contributed by atoms with van der Waals surface area (Å²) < 4.78 is 4.90. The van der Waals surface area contributed by atoms with Crippen molar-refractivity contribution in [2.24, 2.45) is 5.73 Å². The van der Waals surface area contributed by atoms with Crippen molar-refractivity contribution < 1.29 is 14.3 Å². The second-order valence-corrected chi connectivity index (χ2v) is 4.96. The number of aromatic amines is 2. The van der Waals surface area contributed by atoms with E-state index < -0.39 is 23.4 Å². The summed E-state index contributed by atoms with van der Waals surface area (Å²) >= 11 is 0. The number of nitrogens with zero attached hydrogens (tertiary/aromatic N) is 1. The van der Waals surface area contributed by atoms with Crippen LogP contribution in [0.4, 0.5) is 0 Å². The Labute approximate surface area is 132 Å². The van der Waals surface area contributed by atoms with Crippen molar-refractivity contribution in [3.05, 3.63) is 51.7 Å². The topological polar surface area (TPSA) is 131 Å². The molecule has 2 aromatic rings. The monoisotopic (exact) mass is 318 g/mol. The maximum atomic E-state index is 12.2. The van der Waals surface area contributed by atoms with Crippen molar-refractivity contribution in [1.29, 1.82) is 0 Å². The van der Waals surface area contributed by atoms with Gasteiger partial charge in [0, 0.05) is 30.3 Å². The van der Waals surface area contributed by atoms with Crippen LogP contribution in [0.2, 0.25) is 0 Å². The largest absolute Gasteiger partial charge is 0.466 e. The van der Waals surface area contributed by atoms with Crippen molar-refractivity contribution in [2.45, 2.75) is 25.7 Å². The molecule has 0 fully saturated rings. The van der Waals surface area contributed by atoms with Crippen LogP contribution in [0.1, 0.15) is 36.1 Å². The predicted octanol–water partition coefficient (Wildman–Crippen LogP) is 0.211. The molecule has 8 heteroatoms. The molecule has 2 heterocycles. The first-order valence-electron chi connectivity index (χ1n) is 7.16. The number of hydrogen-bond acceptors (Lipinski definition) is 5. The van der Waals surface area contributed by atoms with E-state index in [1.54, 1.807) is 31.5 Å². The fourth-order valence-electron chi connectivity index (χ4n) is 2.44. The van der Waals surface area contributed by atoms with E-state index in [1.807, 2.05) is 0 Å². The molecule has 0 aromatic carbocycles. The highest BCUT2D eigenvalue weighted by molar-refractivity contribution is 5.76. The van der Waals surface area contributed by atoms with Crippen LogP contribution in [0.3, 0.4) is 0 Å². The van der Waals surface area contributed by atoms with E-state index in [0.29, 0.717) is 16.8 Å². The predicted molar refractivity (Wildman–Crippen MR) is 81.6 cm³/mol. The van der Waals surface area contributed by atoms with Gasteiger partial charge in [-0.1, -0.05) is 6.07 Å². The minimum atomic E-state index is -0.583. The molecule has 0 aliphatic rings. The Morgan fingerprint density at radius 3 is 2.78 bits per heavy atom. The quantitative estimate of drug-likeness (QED) is 0.628. The number of pyridine rings is 1. The van der Waals surface area contributed by atoms with Crippen LogP contribution in [0, 0.1) is 0 Å². The van der Waals surface area contributed by atoms with Crippen molar-refractivity contribution in [3.63, 3.8) is 0 Å². The molecule has 2 rings (SSSR count). The lowest BCUT2D eigenvalue weighted by molar-refractivity contribution is -0.142. The molecule has 0 radical (unpaired) electrons. The number of esters is 1. The molecular formula is C15H18N4O4. The van der Waals surface area contributed by atoms with E-state index in [4.69, 9.17) is 10.5 Å². The Hall–Kier alpha value is -2.90. The van der Waals surface area contributed by atoms with Gasteiger partial charge in [-0.15, -0.1) is 0 Å². The van der Waals surface area contributed by atoms with Crippen molar-refractivity contribution >= 4 is 11.9 Å². The van der Waals surface area contributed by atoms with Crippen molar-refractivity contribution in [3.8, 4) is 0 Å². The lowest BCUT2D eigenvalue weighted by atomic mass is 9.88. The van der Waals surface area contributed by atoms with E-state index in [9.17, 15) is 14.4 Å². The van der Waals surface area contributed by atoms with Crippen LogP contribution in [-0.4, -0.2) is 33.7 Å². The maximum Gasteiger partial charge on any atom is 0.311 e. The van der Waals surface area contributed by atoms with Crippen LogP contribution >= 0.6 is 0 Å². The molecule has 23 heavy (non-hydrogen) atoms. The van der Waals surface area contributed by atoms with Gasteiger partial charge in [0.05, 0.1) is 18.7 Å². The van der Waals surface area contributed by atoms with E-state index in [1.165, 1.54) is 0 Å². The second-order valence-electron chi connectivity index (χ2n) is 4.96. The first-order valence-corrected chi connectivity index (χ1v) is 7.16.